The molecule has 2 heteroatoms. The third-order valence-electron chi connectivity index (χ3n) is 2.36. The number of nitrogens with one attached hydrogen (secondary N) is 1. The van der Waals surface area contributed by atoms with Gasteiger partial charge in [0.15, 0.2) is 0 Å². The van der Waals surface area contributed by atoms with Crippen LogP contribution in [0, 0.1) is 16.7 Å². The second-order valence-corrected chi connectivity index (χ2v) is 5.28. The van der Waals surface area contributed by atoms with Gasteiger partial charge in [0.05, 0.1) is 12.0 Å². The van der Waals surface area contributed by atoms with Crippen molar-refractivity contribution in [1.82, 2.24) is 5.32 Å². The van der Waals surface area contributed by atoms with E-state index >= 15 is 0 Å². The molecule has 0 bridgehead atoms. The lowest BCUT2D eigenvalue weighted by molar-refractivity contribution is 0.379. The van der Waals surface area contributed by atoms with Crippen LogP contribution >= 0.6 is 0 Å². The Morgan fingerprint density at radius 1 is 1.25 bits per heavy atom. The summed E-state index contributed by atoms with van der Waals surface area (Å²) in [5, 5.41) is 12.5. The Balaban J connectivity index is 2.49. The third kappa shape index (κ3) is 4.46. The summed E-state index contributed by atoms with van der Waals surface area (Å²) in [6.07, 6.45) is 0. The van der Waals surface area contributed by atoms with Crippen molar-refractivity contribution in [2.75, 3.05) is 13.1 Å². The average molecular weight is 216 g/mol. The van der Waals surface area contributed by atoms with Crippen LogP contribution in [0.2, 0.25) is 0 Å². The quantitative estimate of drug-likeness (QED) is 0.840. The lowest BCUT2D eigenvalue weighted by atomic mass is 9.96. The zero-order valence-electron chi connectivity index (χ0n) is 10.3. The van der Waals surface area contributed by atoms with E-state index in [0.29, 0.717) is 0 Å². The van der Waals surface area contributed by atoms with E-state index in [2.05, 4.69) is 32.2 Å². The van der Waals surface area contributed by atoms with Crippen molar-refractivity contribution >= 4 is 0 Å². The molecule has 1 atom stereocenters. The van der Waals surface area contributed by atoms with Gasteiger partial charge in [-0.3, -0.25) is 0 Å². The highest BCUT2D eigenvalue weighted by Crippen LogP contribution is 2.15. The molecule has 2 nitrogen and oxygen atoms in total. The van der Waals surface area contributed by atoms with E-state index in [4.69, 9.17) is 5.26 Å². The molecule has 0 aliphatic heterocycles. The Labute approximate surface area is 98.3 Å². The van der Waals surface area contributed by atoms with Crippen molar-refractivity contribution in [3.63, 3.8) is 0 Å². The number of hydrogen-bond acceptors (Lipinski definition) is 2. The van der Waals surface area contributed by atoms with Crippen molar-refractivity contribution < 1.29 is 0 Å². The minimum Gasteiger partial charge on any atom is -0.315 e. The molecule has 1 aromatic carbocycles. The van der Waals surface area contributed by atoms with E-state index < -0.39 is 0 Å². The first kappa shape index (κ1) is 12.7. The van der Waals surface area contributed by atoms with Crippen LogP contribution in [0.3, 0.4) is 0 Å². The molecule has 86 valence electrons. The van der Waals surface area contributed by atoms with Gasteiger partial charge in [0.2, 0.25) is 0 Å². The zero-order valence-corrected chi connectivity index (χ0v) is 10.3. The van der Waals surface area contributed by atoms with E-state index in [1.54, 1.807) is 0 Å². The van der Waals surface area contributed by atoms with Gasteiger partial charge in [0.1, 0.15) is 0 Å². The number of nitriles is 1. The Morgan fingerprint density at radius 2 is 1.88 bits per heavy atom. The van der Waals surface area contributed by atoms with E-state index in [-0.39, 0.29) is 11.3 Å². The van der Waals surface area contributed by atoms with E-state index in [9.17, 15) is 0 Å². The number of benzene rings is 1. The molecule has 1 aromatic rings. The summed E-state index contributed by atoms with van der Waals surface area (Å²) >= 11 is 0. The van der Waals surface area contributed by atoms with E-state index in [1.165, 1.54) is 0 Å². The normalized spacial score (nSPS) is 13.1. The van der Waals surface area contributed by atoms with Crippen LogP contribution in [-0.2, 0) is 0 Å². The molecule has 0 aliphatic rings. The predicted octanol–water partition coefficient (Wildman–Crippen LogP) is 2.93. The lowest BCUT2D eigenvalue weighted by Gasteiger charge is -2.20. The highest BCUT2D eigenvalue weighted by molar-refractivity contribution is 5.24. The summed E-state index contributed by atoms with van der Waals surface area (Å²) in [5.41, 5.74) is 1.35. The molecule has 0 spiro atoms. The van der Waals surface area contributed by atoms with Crippen molar-refractivity contribution in [1.29, 1.82) is 5.26 Å². The maximum Gasteiger partial charge on any atom is 0.0837 e. The Morgan fingerprint density at radius 3 is 2.38 bits per heavy atom. The summed E-state index contributed by atoms with van der Waals surface area (Å²) in [4.78, 5) is 0. The third-order valence-corrected chi connectivity index (χ3v) is 2.36. The van der Waals surface area contributed by atoms with Crippen LogP contribution in [0.4, 0.5) is 0 Å². The summed E-state index contributed by atoms with van der Waals surface area (Å²) in [6.45, 7) is 8.20. The number of hydrogen-bond donors (Lipinski definition) is 1. The Hall–Kier alpha value is -1.33. The lowest BCUT2D eigenvalue weighted by Crippen LogP contribution is -2.30. The molecule has 0 heterocycles. The van der Waals surface area contributed by atoms with Crippen LogP contribution in [0.5, 0.6) is 0 Å². The molecule has 0 aliphatic carbocycles. The molecule has 1 N–H and O–H groups in total. The Bertz CT molecular complexity index is 343. The topological polar surface area (TPSA) is 35.8 Å². The van der Waals surface area contributed by atoms with Gasteiger partial charge in [-0.25, -0.2) is 0 Å². The molecule has 0 amide bonds. The van der Waals surface area contributed by atoms with Gasteiger partial charge in [-0.2, -0.15) is 5.26 Å². The van der Waals surface area contributed by atoms with Crippen molar-refractivity contribution in [3.8, 4) is 6.07 Å². The van der Waals surface area contributed by atoms with Crippen LogP contribution in [-0.4, -0.2) is 13.1 Å². The van der Waals surface area contributed by atoms with Crippen LogP contribution in [0.1, 0.15) is 32.3 Å². The molecule has 0 aromatic heterocycles. The van der Waals surface area contributed by atoms with Gasteiger partial charge >= 0.3 is 0 Å². The van der Waals surface area contributed by atoms with Gasteiger partial charge in [-0.05, 0) is 11.0 Å². The highest BCUT2D eigenvalue weighted by atomic mass is 14.9. The fourth-order valence-electron chi connectivity index (χ4n) is 1.51. The standard InChI is InChI=1S/C14H20N2/c1-14(2,3)11-16-10-13(9-15)12-7-5-4-6-8-12/h4-8,13,16H,10-11H2,1-3H3. The van der Waals surface area contributed by atoms with Crippen LogP contribution in [0.15, 0.2) is 30.3 Å². The number of rotatable bonds is 4. The summed E-state index contributed by atoms with van der Waals surface area (Å²) in [7, 11) is 0. The summed E-state index contributed by atoms with van der Waals surface area (Å²) < 4.78 is 0. The van der Waals surface area contributed by atoms with Gasteiger partial charge in [0.25, 0.3) is 0 Å². The minimum atomic E-state index is -0.0523. The monoisotopic (exact) mass is 216 g/mol. The fourth-order valence-corrected chi connectivity index (χ4v) is 1.51. The maximum absolute atomic E-state index is 9.12. The van der Waals surface area contributed by atoms with Crippen LogP contribution in [0.25, 0.3) is 0 Å². The van der Waals surface area contributed by atoms with Crippen molar-refractivity contribution in [2.24, 2.45) is 5.41 Å². The molecule has 16 heavy (non-hydrogen) atoms. The fraction of sp³-hybridized carbons (Fsp3) is 0.500. The first-order chi connectivity index (χ1) is 7.53. The predicted molar refractivity (Wildman–Crippen MR) is 67.1 cm³/mol. The highest BCUT2D eigenvalue weighted by Gasteiger charge is 2.13. The first-order valence-electron chi connectivity index (χ1n) is 5.68. The first-order valence-corrected chi connectivity index (χ1v) is 5.68. The van der Waals surface area contributed by atoms with E-state index in [1.807, 2.05) is 30.3 Å². The zero-order chi connectivity index (χ0) is 12.0. The van der Waals surface area contributed by atoms with E-state index in [0.717, 1.165) is 18.7 Å². The van der Waals surface area contributed by atoms with Gasteiger partial charge < -0.3 is 5.32 Å². The molecule has 1 rings (SSSR count). The van der Waals surface area contributed by atoms with Crippen molar-refractivity contribution in [2.45, 2.75) is 26.7 Å². The average Bonchev–Trinajstić information content (AvgIpc) is 2.24. The van der Waals surface area contributed by atoms with Crippen molar-refractivity contribution in [3.05, 3.63) is 35.9 Å². The number of nitrogens with zero attached hydrogens (tertiary/aromatic N) is 1. The molecular formula is C14H20N2. The molecule has 1 unspecified atom stereocenters. The molecular weight excluding hydrogens is 196 g/mol. The second kappa shape index (κ2) is 5.67. The largest absolute Gasteiger partial charge is 0.315 e. The maximum atomic E-state index is 9.12. The van der Waals surface area contributed by atoms with Gasteiger partial charge in [-0.1, -0.05) is 51.1 Å². The van der Waals surface area contributed by atoms with Gasteiger partial charge in [0, 0.05) is 13.1 Å². The molecule has 0 saturated heterocycles. The summed E-state index contributed by atoms with van der Waals surface area (Å²) in [5.74, 6) is -0.0523. The SMILES string of the molecule is CC(C)(C)CNCC(C#N)c1ccccc1. The summed E-state index contributed by atoms with van der Waals surface area (Å²) in [6, 6.07) is 12.3. The minimum absolute atomic E-state index is 0.0523. The van der Waals surface area contributed by atoms with Gasteiger partial charge in [-0.15, -0.1) is 0 Å². The van der Waals surface area contributed by atoms with Crippen LogP contribution < -0.4 is 5.32 Å². The smallest absolute Gasteiger partial charge is 0.0837 e. The molecule has 0 saturated carbocycles. The molecule has 0 fully saturated rings. The molecule has 0 radical (unpaired) electrons. The Kier molecular flexibility index (Phi) is 4.52. The second-order valence-electron chi connectivity index (χ2n) is 5.28.